The molecule has 0 saturated heterocycles. The van der Waals surface area contributed by atoms with E-state index in [0.717, 1.165) is 11.1 Å². The molecule has 1 N–H and O–H groups in total. The minimum atomic E-state index is -0.946. The van der Waals surface area contributed by atoms with Crippen molar-refractivity contribution in [1.29, 1.82) is 0 Å². The van der Waals surface area contributed by atoms with Gasteiger partial charge in [0.1, 0.15) is 6.04 Å². The van der Waals surface area contributed by atoms with Gasteiger partial charge in [-0.3, -0.25) is 9.59 Å². The number of carbonyl (C=O) groups excluding carboxylic acids is 3. The summed E-state index contributed by atoms with van der Waals surface area (Å²) in [4.78, 5) is 39.3. The highest BCUT2D eigenvalue weighted by atomic mass is 35.5. The van der Waals surface area contributed by atoms with Gasteiger partial charge in [0.25, 0.3) is 11.8 Å². The number of benzene rings is 3. The fraction of sp³-hybridized carbons (Fsp3) is 0.192. The fourth-order valence-corrected chi connectivity index (χ4v) is 3.39. The Hall–Kier alpha value is -3.64. The summed E-state index contributed by atoms with van der Waals surface area (Å²) < 4.78 is 5.21. The van der Waals surface area contributed by atoms with Crippen LogP contribution in [0.25, 0.3) is 0 Å². The molecule has 0 aliphatic heterocycles. The van der Waals surface area contributed by atoms with Gasteiger partial charge in [0, 0.05) is 13.1 Å². The highest BCUT2D eigenvalue weighted by Gasteiger charge is 2.22. The number of halogens is 1. The zero-order valence-electron chi connectivity index (χ0n) is 18.2. The Labute approximate surface area is 198 Å². The van der Waals surface area contributed by atoms with Crippen LogP contribution in [0.5, 0.6) is 0 Å². The van der Waals surface area contributed by atoms with Gasteiger partial charge in [0.2, 0.25) is 0 Å². The minimum Gasteiger partial charge on any atom is -0.454 e. The third-order valence-corrected chi connectivity index (χ3v) is 5.27. The minimum absolute atomic E-state index is 0.256. The molecule has 3 aromatic carbocycles. The van der Waals surface area contributed by atoms with E-state index in [-0.39, 0.29) is 16.5 Å². The molecule has 170 valence electrons. The van der Waals surface area contributed by atoms with Crippen LogP contribution >= 0.6 is 11.6 Å². The molecule has 1 atom stereocenters. The van der Waals surface area contributed by atoms with E-state index in [9.17, 15) is 14.4 Å². The summed E-state index contributed by atoms with van der Waals surface area (Å²) in [5.74, 6) is -1.53. The van der Waals surface area contributed by atoms with Crippen LogP contribution in [-0.2, 0) is 27.4 Å². The third-order valence-electron chi connectivity index (χ3n) is 4.94. The van der Waals surface area contributed by atoms with Crippen LogP contribution < -0.4 is 5.32 Å². The molecule has 0 saturated carbocycles. The zero-order chi connectivity index (χ0) is 23.6. The molecule has 0 bridgehead atoms. The lowest BCUT2D eigenvalue weighted by atomic mass is 10.1. The maximum absolute atomic E-state index is 12.9. The Bertz CT molecular complexity index is 1050. The van der Waals surface area contributed by atoms with Gasteiger partial charge < -0.3 is 15.0 Å². The maximum atomic E-state index is 12.9. The molecule has 0 heterocycles. The average Bonchev–Trinajstić information content (AvgIpc) is 2.83. The Morgan fingerprint density at radius 2 is 1.36 bits per heavy atom. The molecule has 7 heteroatoms. The van der Waals surface area contributed by atoms with E-state index in [4.69, 9.17) is 16.3 Å². The Morgan fingerprint density at radius 3 is 1.91 bits per heavy atom. The van der Waals surface area contributed by atoms with E-state index in [1.807, 2.05) is 60.7 Å². The van der Waals surface area contributed by atoms with Gasteiger partial charge in [-0.1, -0.05) is 84.4 Å². The summed E-state index contributed by atoms with van der Waals surface area (Å²) in [5.41, 5.74) is 2.19. The Kier molecular flexibility index (Phi) is 8.61. The molecule has 0 unspecified atom stereocenters. The van der Waals surface area contributed by atoms with E-state index in [1.54, 1.807) is 29.2 Å². The number of carbonyl (C=O) groups is 3. The summed E-state index contributed by atoms with van der Waals surface area (Å²) in [6.45, 7) is 1.83. The molecule has 0 radical (unpaired) electrons. The lowest BCUT2D eigenvalue weighted by Gasteiger charge is -2.23. The third kappa shape index (κ3) is 7.19. The van der Waals surface area contributed by atoms with Crippen molar-refractivity contribution in [3.63, 3.8) is 0 Å². The number of nitrogens with one attached hydrogen (secondary N) is 1. The second-order valence-corrected chi connectivity index (χ2v) is 7.91. The quantitative estimate of drug-likeness (QED) is 0.481. The molecular formula is C26H25ClN2O4. The van der Waals surface area contributed by atoms with Crippen molar-refractivity contribution in [2.24, 2.45) is 0 Å². The van der Waals surface area contributed by atoms with Crippen molar-refractivity contribution in [3.05, 3.63) is 107 Å². The predicted octanol–water partition coefficient (Wildman–Crippen LogP) is 4.23. The molecule has 0 aromatic heterocycles. The van der Waals surface area contributed by atoms with Gasteiger partial charge in [-0.25, -0.2) is 4.79 Å². The average molecular weight is 465 g/mol. The number of rotatable bonds is 9. The van der Waals surface area contributed by atoms with Crippen LogP contribution in [0.3, 0.4) is 0 Å². The van der Waals surface area contributed by atoms with Crippen LogP contribution in [0, 0.1) is 0 Å². The largest absolute Gasteiger partial charge is 0.454 e. The van der Waals surface area contributed by atoms with Crippen LogP contribution in [0.15, 0.2) is 84.9 Å². The number of hydrogen-bond acceptors (Lipinski definition) is 4. The first-order valence-electron chi connectivity index (χ1n) is 10.5. The number of hydrogen-bond donors (Lipinski definition) is 1. The van der Waals surface area contributed by atoms with Crippen molar-refractivity contribution in [2.45, 2.75) is 26.1 Å². The normalized spacial score (nSPS) is 11.3. The number of ether oxygens (including phenoxy) is 1. The lowest BCUT2D eigenvalue weighted by Crippen LogP contribution is -2.41. The molecule has 0 fully saturated rings. The van der Waals surface area contributed by atoms with Crippen molar-refractivity contribution in [3.8, 4) is 0 Å². The van der Waals surface area contributed by atoms with Crippen molar-refractivity contribution in [1.82, 2.24) is 10.2 Å². The Morgan fingerprint density at radius 1 is 0.848 bits per heavy atom. The first-order chi connectivity index (χ1) is 15.9. The van der Waals surface area contributed by atoms with Gasteiger partial charge in [0.15, 0.2) is 6.61 Å². The Balaban J connectivity index is 1.59. The number of nitrogens with zero attached hydrogens (tertiary/aromatic N) is 1. The number of esters is 1. The van der Waals surface area contributed by atoms with E-state index < -0.39 is 24.5 Å². The van der Waals surface area contributed by atoms with Crippen molar-refractivity contribution >= 4 is 29.4 Å². The van der Waals surface area contributed by atoms with Crippen LogP contribution in [0.2, 0.25) is 5.02 Å². The number of amides is 2. The first-order valence-corrected chi connectivity index (χ1v) is 10.9. The summed E-state index contributed by atoms with van der Waals surface area (Å²) in [6, 6.07) is 24.8. The maximum Gasteiger partial charge on any atom is 0.328 e. The molecule has 0 aliphatic rings. The van der Waals surface area contributed by atoms with Gasteiger partial charge in [-0.2, -0.15) is 0 Å². The van der Waals surface area contributed by atoms with Gasteiger partial charge in [-0.15, -0.1) is 0 Å². The topological polar surface area (TPSA) is 75.7 Å². The molecular weight excluding hydrogens is 440 g/mol. The lowest BCUT2D eigenvalue weighted by molar-refractivity contribution is -0.153. The molecule has 3 rings (SSSR count). The van der Waals surface area contributed by atoms with Crippen LogP contribution in [0.1, 0.15) is 28.4 Å². The molecule has 6 nitrogen and oxygen atoms in total. The van der Waals surface area contributed by atoms with Crippen LogP contribution in [0.4, 0.5) is 0 Å². The van der Waals surface area contributed by atoms with E-state index >= 15 is 0 Å². The van der Waals surface area contributed by atoms with Gasteiger partial charge >= 0.3 is 5.97 Å². The highest BCUT2D eigenvalue weighted by molar-refractivity contribution is 6.33. The monoisotopic (exact) mass is 464 g/mol. The van der Waals surface area contributed by atoms with E-state index in [1.165, 1.54) is 6.92 Å². The molecule has 3 aromatic rings. The van der Waals surface area contributed by atoms with Crippen molar-refractivity contribution in [2.75, 3.05) is 6.61 Å². The summed E-state index contributed by atoms with van der Waals surface area (Å²) in [5, 5.41) is 2.83. The second-order valence-electron chi connectivity index (χ2n) is 7.50. The van der Waals surface area contributed by atoms with Crippen molar-refractivity contribution < 1.29 is 19.1 Å². The smallest absolute Gasteiger partial charge is 0.328 e. The molecule has 0 spiro atoms. The SMILES string of the molecule is C[C@H](NC(=O)c1ccccc1Cl)C(=O)OCC(=O)N(Cc1ccccc1)Cc1ccccc1. The molecule has 33 heavy (non-hydrogen) atoms. The van der Waals surface area contributed by atoms with E-state index in [0.29, 0.717) is 13.1 Å². The summed E-state index contributed by atoms with van der Waals surface area (Å²) >= 11 is 6.03. The second kappa shape index (κ2) is 11.8. The predicted molar refractivity (Wildman–Crippen MR) is 126 cm³/mol. The zero-order valence-corrected chi connectivity index (χ0v) is 19.0. The molecule has 2 amide bonds. The van der Waals surface area contributed by atoms with E-state index in [2.05, 4.69) is 5.32 Å². The van der Waals surface area contributed by atoms with Gasteiger partial charge in [0.05, 0.1) is 10.6 Å². The summed E-state index contributed by atoms with van der Waals surface area (Å²) in [7, 11) is 0. The van der Waals surface area contributed by atoms with Gasteiger partial charge in [-0.05, 0) is 30.2 Å². The first kappa shape index (κ1) is 24.0. The summed E-state index contributed by atoms with van der Waals surface area (Å²) in [6.07, 6.45) is 0. The fourth-order valence-electron chi connectivity index (χ4n) is 3.17. The standard InChI is InChI=1S/C26H25ClN2O4/c1-19(28-25(31)22-14-8-9-15-23(22)27)26(32)33-18-24(30)29(16-20-10-4-2-5-11-20)17-21-12-6-3-7-13-21/h2-15,19H,16-18H2,1H3,(H,28,31)/t19-/m0/s1. The highest BCUT2D eigenvalue weighted by Crippen LogP contribution is 2.15. The molecule has 0 aliphatic carbocycles. The van der Waals surface area contributed by atoms with Crippen LogP contribution in [-0.4, -0.2) is 35.3 Å².